The molecule has 0 saturated carbocycles. The number of halogens is 1. The van der Waals surface area contributed by atoms with Crippen LogP contribution < -0.4 is 11.1 Å². The zero-order valence-corrected chi connectivity index (χ0v) is 11.1. The van der Waals surface area contributed by atoms with Crippen LogP contribution in [-0.2, 0) is 0 Å². The number of benzene rings is 1. The molecule has 0 saturated heterocycles. The summed E-state index contributed by atoms with van der Waals surface area (Å²) in [6.45, 7) is 1.87. The third kappa shape index (κ3) is 2.67. The first kappa shape index (κ1) is 12.6. The minimum absolute atomic E-state index is 0.000961. The number of hydrogen-bond acceptors (Lipinski definition) is 5. The molecule has 0 bridgehead atoms. The molecule has 0 spiro atoms. The van der Waals surface area contributed by atoms with Crippen molar-refractivity contribution in [3.8, 4) is 0 Å². The Bertz CT molecular complexity index is 552. The second-order valence-electron chi connectivity index (χ2n) is 3.74. The Labute approximate surface area is 112 Å². The highest BCUT2D eigenvalue weighted by molar-refractivity contribution is 9.10. The Kier molecular flexibility index (Phi) is 3.61. The van der Waals surface area contributed by atoms with Crippen molar-refractivity contribution in [3.63, 3.8) is 0 Å². The van der Waals surface area contributed by atoms with E-state index in [1.165, 1.54) is 0 Å². The van der Waals surface area contributed by atoms with Crippen molar-refractivity contribution in [2.75, 3.05) is 5.73 Å². The number of nitrogens with zero attached hydrogens (tertiary/aromatic N) is 2. The SMILES string of the molecule is CC(NC(=O)c1nonc1N)c1ccc(Br)cc1. The summed E-state index contributed by atoms with van der Waals surface area (Å²) in [5.74, 6) is -0.431. The van der Waals surface area contributed by atoms with E-state index in [0.29, 0.717) is 0 Å². The van der Waals surface area contributed by atoms with Gasteiger partial charge in [-0.2, -0.15) is 0 Å². The zero-order chi connectivity index (χ0) is 13.1. The van der Waals surface area contributed by atoms with E-state index >= 15 is 0 Å². The number of carbonyl (C=O) groups is 1. The van der Waals surface area contributed by atoms with Crippen molar-refractivity contribution in [1.82, 2.24) is 15.6 Å². The lowest BCUT2D eigenvalue weighted by Crippen LogP contribution is -2.27. The number of nitrogens with one attached hydrogen (secondary N) is 1. The fraction of sp³-hybridized carbons (Fsp3) is 0.182. The molecule has 2 aromatic rings. The number of carbonyl (C=O) groups excluding carboxylic acids is 1. The Morgan fingerprint density at radius 1 is 1.39 bits per heavy atom. The maximum atomic E-state index is 11.8. The standard InChI is InChI=1S/C11H11BrN4O2/c1-6(7-2-4-8(12)5-3-7)14-11(17)9-10(13)16-18-15-9/h2-6H,1H3,(H2,13,16)(H,14,17). The Morgan fingerprint density at radius 3 is 2.61 bits per heavy atom. The number of hydrogen-bond donors (Lipinski definition) is 2. The van der Waals surface area contributed by atoms with Gasteiger partial charge in [0.1, 0.15) is 0 Å². The number of aromatic nitrogens is 2. The molecule has 0 radical (unpaired) electrons. The lowest BCUT2D eigenvalue weighted by atomic mass is 10.1. The Balaban J connectivity index is 2.08. The van der Waals surface area contributed by atoms with Crippen LogP contribution in [0.3, 0.4) is 0 Å². The van der Waals surface area contributed by atoms with E-state index < -0.39 is 5.91 Å². The topological polar surface area (TPSA) is 94.0 Å². The summed E-state index contributed by atoms with van der Waals surface area (Å²) >= 11 is 3.35. The highest BCUT2D eigenvalue weighted by Crippen LogP contribution is 2.17. The van der Waals surface area contributed by atoms with Crippen LogP contribution in [0.15, 0.2) is 33.4 Å². The maximum Gasteiger partial charge on any atom is 0.277 e. The van der Waals surface area contributed by atoms with Gasteiger partial charge in [0.15, 0.2) is 0 Å². The lowest BCUT2D eigenvalue weighted by molar-refractivity contribution is 0.0930. The van der Waals surface area contributed by atoms with Crippen LogP contribution in [0.5, 0.6) is 0 Å². The smallest absolute Gasteiger partial charge is 0.277 e. The van der Waals surface area contributed by atoms with Crippen LogP contribution in [0.4, 0.5) is 5.82 Å². The molecule has 18 heavy (non-hydrogen) atoms. The van der Waals surface area contributed by atoms with Gasteiger partial charge in [0.2, 0.25) is 11.5 Å². The van der Waals surface area contributed by atoms with E-state index in [-0.39, 0.29) is 17.6 Å². The van der Waals surface area contributed by atoms with Gasteiger partial charge in [-0.25, -0.2) is 4.63 Å². The molecule has 0 aliphatic carbocycles. The summed E-state index contributed by atoms with van der Waals surface area (Å²) in [6.07, 6.45) is 0. The van der Waals surface area contributed by atoms with Crippen LogP contribution in [0, 0.1) is 0 Å². The largest absolute Gasteiger partial charge is 0.379 e. The van der Waals surface area contributed by atoms with E-state index in [0.717, 1.165) is 10.0 Å². The van der Waals surface area contributed by atoms with Crippen LogP contribution in [-0.4, -0.2) is 16.2 Å². The molecular weight excluding hydrogens is 300 g/mol. The first-order valence-corrected chi connectivity index (χ1v) is 6.01. The summed E-state index contributed by atoms with van der Waals surface area (Å²) in [6, 6.07) is 7.48. The van der Waals surface area contributed by atoms with Crippen LogP contribution >= 0.6 is 15.9 Å². The Morgan fingerprint density at radius 2 is 2.06 bits per heavy atom. The summed E-state index contributed by atoms with van der Waals surface area (Å²) in [4.78, 5) is 11.8. The monoisotopic (exact) mass is 310 g/mol. The Hall–Kier alpha value is -1.89. The second kappa shape index (κ2) is 5.18. The summed E-state index contributed by atoms with van der Waals surface area (Å²) in [5.41, 5.74) is 6.41. The molecule has 2 rings (SSSR count). The predicted octanol–water partition coefficient (Wildman–Crippen LogP) is 1.91. The van der Waals surface area contributed by atoms with Gasteiger partial charge in [-0.1, -0.05) is 28.1 Å². The first-order chi connectivity index (χ1) is 8.58. The average Bonchev–Trinajstić information content (AvgIpc) is 2.76. The van der Waals surface area contributed by atoms with Gasteiger partial charge >= 0.3 is 0 Å². The number of nitrogen functional groups attached to an aromatic ring is 1. The summed E-state index contributed by atoms with van der Waals surface area (Å²) in [5, 5.41) is 9.56. The molecule has 7 heteroatoms. The van der Waals surface area contributed by atoms with Crippen molar-refractivity contribution in [2.24, 2.45) is 0 Å². The van der Waals surface area contributed by atoms with E-state index in [1.807, 2.05) is 31.2 Å². The summed E-state index contributed by atoms with van der Waals surface area (Å²) in [7, 11) is 0. The molecule has 1 amide bonds. The number of rotatable bonds is 3. The number of amides is 1. The van der Waals surface area contributed by atoms with Gasteiger partial charge in [0.05, 0.1) is 6.04 Å². The third-order valence-corrected chi connectivity index (χ3v) is 2.98. The molecule has 0 aliphatic rings. The van der Waals surface area contributed by atoms with E-state index in [9.17, 15) is 4.79 Å². The highest BCUT2D eigenvalue weighted by atomic mass is 79.9. The minimum Gasteiger partial charge on any atom is -0.379 e. The van der Waals surface area contributed by atoms with E-state index in [4.69, 9.17) is 5.73 Å². The molecule has 1 unspecified atom stereocenters. The quantitative estimate of drug-likeness (QED) is 0.903. The van der Waals surface area contributed by atoms with Gasteiger partial charge in [-0.15, -0.1) is 0 Å². The summed E-state index contributed by atoms with van der Waals surface area (Å²) < 4.78 is 5.36. The molecule has 0 fully saturated rings. The third-order valence-electron chi connectivity index (χ3n) is 2.45. The average molecular weight is 311 g/mol. The van der Waals surface area contributed by atoms with Crippen molar-refractivity contribution >= 4 is 27.7 Å². The van der Waals surface area contributed by atoms with Gasteiger partial charge in [-0.3, -0.25) is 4.79 Å². The fourth-order valence-electron chi connectivity index (χ4n) is 1.45. The van der Waals surface area contributed by atoms with E-state index in [2.05, 4.69) is 36.2 Å². The zero-order valence-electron chi connectivity index (χ0n) is 9.55. The van der Waals surface area contributed by atoms with Gasteiger partial charge in [0, 0.05) is 4.47 Å². The molecule has 1 atom stereocenters. The second-order valence-corrected chi connectivity index (χ2v) is 4.66. The van der Waals surface area contributed by atoms with Crippen molar-refractivity contribution in [1.29, 1.82) is 0 Å². The van der Waals surface area contributed by atoms with Crippen molar-refractivity contribution in [3.05, 3.63) is 40.0 Å². The van der Waals surface area contributed by atoms with E-state index in [1.54, 1.807) is 0 Å². The van der Waals surface area contributed by atoms with Crippen molar-refractivity contribution < 1.29 is 9.42 Å². The van der Waals surface area contributed by atoms with Crippen LogP contribution in [0.25, 0.3) is 0 Å². The minimum atomic E-state index is -0.413. The molecule has 3 N–H and O–H groups in total. The van der Waals surface area contributed by atoms with Gasteiger partial charge < -0.3 is 11.1 Å². The highest BCUT2D eigenvalue weighted by Gasteiger charge is 2.18. The maximum absolute atomic E-state index is 11.8. The molecule has 1 heterocycles. The van der Waals surface area contributed by atoms with Crippen molar-refractivity contribution in [2.45, 2.75) is 13.0 Å². The van der Waals surface area contributed by atoms with Crippen LogP contribution in [0.2, 0.25) is 0 Å². The lowest BCUT2D eigenvalue weighted by Gasteiger charge is -2.13. The number of anilines is 1. The van der Waals surface area contributed by atoms with Gasteiger partial charge in [-0.05, 0) is 34.9 Å². The van der Waals surface area contributed by atoms with Crippen LogP contribution in [0.1, 0.15) is 29.0 Å². The van der Waals surface area contributed by atoms with Gasteiger partial charge in [0.25, 0.3) is 5.91 Å². The predicted molar refractivity (Wildman–Crippen MR) is 68.7 cm³/mol. The molecule has 1 aromatic carbocycles. The number of nitrogens with two attached hydrogens (primary N) is 1. The normalized spacial score (nSPS) is 12.1. The molecule has 0 aliphatic heterocycles. The molecule has 6 nitrogen and oxygen atoms in total. The molecule has 94 valence electrons. The first-order valence-electron chi connectivity index (χ1n) is 5.22. The fourth-order valence-corrected chi connectivity index (χ4v) is 1.72. The molecular formula is C11H11BrN4O2. The molecule has 1 aromatic heterocycles.